The third-order valence-electron chi connectivity index (χ3n) is 4.91. The van der Waals surface area contributed by atoms with Gasteiger partial charge in [-0.1, -0.05) is 42.8 Å². The van der Waals surface area contributed by atoms with Gasteiger partial charge in [0.05, 0.1) is 23.7 Å². The molecular weight excluding hydrogens is 378 g/mol. The van der Waals surface area contributed by atoms with Gasteiger partial charge in [0, 0.05) is 12.1 Å². The van der Waals surface area contributed by atoms with Crippen LogP contribution in [0.3, 0.4) is 0 Å². The molecule has 0 aliphatic carbocycles. The van der Waals surface area contributed by atoms with Gasteiger partial charge < -0.3 is 14.7 Å². The van der Waals surface area contributed by atoms with Crippen LogP contribution in [0.4, 0.5) is 0 Å². The van der Waals surface area contributed by atoms with E-state index in [0.717, 1.165) is 11.1 Å². The Morgan fingerprint density at radius 1 is 1.21 bits per heavy atom. The number of hydrogen-bond acceptors (Lipinski definition) is 4. The molecule has 0 saturated carbocycles. The molecule has 1 heterocycles. The predicted octanol–water partition coefficient (Wildman–Crippen LogP) is 4.49. The van der Waals surface area contributed by atoms with Crippen molar-refractivity contribution in [2.45, 2.75) is 26.3 Å². The topological polar surface area (TPSA) is 66.8 Å². The van der Waals surface area contributed by atoms with E-state index in [1.54, 1.807) is 18.2 Å². The molecule has 1 aliphatic heterocycles. The number of Topliss-reactive ketones (excluding diaryl/α,β-unsaturated/α-hetero) is 1. The Hall–Kier alpha value is -2.79. The van der Waals surface area contributed by atoms with Gasteiger partial charge in [-0.3, -0.25) is 9.59 Å². The molecule has 1 fully saturated rings. The molecule has 2 aromatic carbocycles. The summed E-state index contributed by atoms with van der Waals surface area (Å²) in [6.45, 7) is 4.29. The SMILES string of the molecule is CCCN1C(=O)C(=O)/C(=C(/O)c2ccc(Cl)c(OC)c2)C1c1ccccc1C. The lowest BCUT2D eigenvalue weighted by Crippen LogP contribution is -2.30. The summed E-state index contributed by atoms with van der Waals surface area (Å²) in [5, 5.41) is 11.4. The highest BCUT2D eigenvalue weighted by Gasteiger charge is 2.46. The minimum atomic E-state index is -0.687. The van der Waals surface area contributed by atoms with Crippen LogP contribution in [0.2, 0.25) is 5.02 Å². The van der Waals surface area contributed by atoms with Crippen molar-refractivity contribution in [2.24, 2.45) is 0 Å². The van der Waals surface area contributed by atoms with Gasteiger partial charge in [-0.2, -0.15) is 0 Å². The average molecular weight is 400 g/mol. The normalized spacial score (nSPS) is 18.6. The molecule has 1 saturated heterocycles. The number of halogens is 1. The summed E-state index contributed by atoms with van der Waals surface area (Å²) in [7, 11) is 1.47. The Kier molecular flexibility index (Phi) is 5.75. The second-order valence-electron chi connectivity index (χ2n) is 6.70. The molecule has 3 rings (SSSR count). The van der Waals surface area contributed by atoms with Crippen molar-refractivity contribution in [3.8, 4) is 5.75 Å². The third kappa shape index (κ3) is 3.38. The highest BCUT2D eigenvalue weighted by Crippen LogP contribution is 2.41. The maximum atomic E-state index is 12.9. The molecular formula is C22H22ClNO4. The van der Waals surface area contributed by atoms with E-state index in [1.165, 1.54) is 12.0 Å². The first-order valence-electron chi connectivity index (χ1n) is 9.08. The standard InChI is InChI=1S/C22H22ClNO4/c1-4-11-24-19(15-8-6-5-7-13(15)2)18(21(26)22(24)27)20(25)14-9-10-16(23)17(12-14)28-3/h5-10,12,19,25H,4,11H2,1-3H3/b20-18+. The number of carbonyl (C=O) groups is 2. The van der Waals surface area contributed by atoms with E-state index >= 15 is 0 Å². The zero-order valence-electron chi connectivity index (χ0n) is 16.0. The molecule has 5 nitrogen and oxygen atoms in total. The van der Waals surface area contributed by atoms with Crippen molar-refractivity contribution in [1.29, 1.82) is 0 Å². The van der Waals surface area contributed by atoms with Crippen LogP contribution in [0.15, 0.2) is 48.0 Å². The fourth-order valence-corrected chi connectivity index (χ4v) is 3.73. The van der Waals surface area contributed by atoms with E-state index in [2.05, 4.69) is 0 Å². The van der Waals surface area contributed by atoms with Crippen LogP contribution in [0.25, 0.3) is 5.76 Å². The summed E-state index contributed by atoms with van der Waals surface area (Å²) < 4.78 is 5.21. The maximum Gasteiger partial charge on any atom is 0.295 e. The smallest absolute Gasteiger partial charge is 0.295 e. The minimum absolute atomic E-state index is 0.0807. The molecule has 0 aromatic heterocycles. The lowest BCUT2D eigenvalue weighted by Gasteiger charge is -2.26. The first kappa shape index (κ1) is 20.0. The third-order valence-corrected chi connectivity index (χ3v) is 5.22. The van der Waals surface area contributed by atoms with E-state index in [1.807, 2.05) is 38.1 Å². The van der Waals surface area contributed by atoms with Gasteiger partial charge >= 0.3 is 0 Å². The fraction of sp³-hybridized carbons (Fsp3) is 0.273. The number of benzene rings is 2. The van der Waals surface area contributed by atoms with E-state index in [-0.39, 0.29) is 11.3 Å². The summed E-state index contributed by atoms with van der Waals surface area (Å²) in [5.41, 5.74) is 2.21. The second kappa shape index (κ2) is 8.07. The van der Waals surface area contributed by atoms with Crippen LogP contribution in [0.1, 0.15) is 36.1 Å². The monoisotopic (exact) mass is 399 g/mol. The summed E-state index contributed by atoms with van der Waals surface area (Å²) in [6, 6.07) is 11.7. The minimum Gasteiger partial charge on any atom is -0.507 e. The number of carbonyl (C=O) groups excluding carboxylic acids is 2. The Morgan fingerprint density at radius 2 is 1.93 bits per heavy atom. The molecule has 2 aromatic rings. The molecule has 1 N–H and O–H groups in total. The molecule has 146 valence electrons. The van der Waals surface area contributed by atoms with Crippen LogP contribution in [0, 0.1) is 6.92 Å². The van der Waals surface area contributed by atoms with Crippen molar-refractivity contribution in [3.05, 3.63) is 69.8 Å². The highest BCUT2D eigenvalue weighted by atomic mass is 35.5. The molecule has 6 heteroatoms. The van der Waals surface area contributed by atoms with Crippen LogP contribution in [-0.4, -0.2) is 35.4 Å². The zero-order valence-corrected chi connectivity index (χ0v) is 16.8. The molecule has 1 amide bonds. The number of nitrogens with zero attached hydrogens (tertiary/aromatic N) is 1. The summed E-state index contributed by atoms with van der Waals surface area (Å²) in [6.07, 6.45) is 0.699. The highest BCUT2D eigenvalue weighted by molar-refractivity contribution is 6.46. The molecule has 1 aliphatic rings. The van der Waals surface area contributed by atoms with Crippen LogP contribution >= 0.6 is 11.6 Å². The van der Waals surface area contributed by atoms with Gasteiger partial charge in [0.25, 0.3) is 11.7 Å². The van der Waals surface area contributed by atoms with Gasteiger partial charge in [-0.25, -0.2) is 0 Å². The number of rotatable bonds is 5. The number of aliphatic hydroxyl groups is 1. The Morgan fingerprint density at radius 3 is 2.57 bits per heavy atom. The lowest BCUT2D eigenvalue weighted by molar-refractivity contribution is -0.139. The number of ketones is 1. The van der Waals surface area contributed by atoms with E-state index in [4.69, 9.17) is 16.3 Å². The number of amides is 1. The number of likely N-dealkylation sites (tertiary alicyclic amines) is 1. The van der Waals surface area contributed by atoms with E-state index < -0.39 is 17.7 Å². The van der Waals surface area contributed by atoms with Crippen LogP contribution in [-0.2, 0) is 9.59 Å². The first-order valence-corrected chi connectivity index (χ1v) is 9.46. The van der Waals surface area contributed by atoms with Crippen LogP contribution < -0.4 is 4.74 Å². The van der Waals surface area contributed by atoms with Crippen molar-refractivity contribution in [1.82, 2.24) is 4.90 Å². The number of aliphatic hydroxyl groups excluding tert-OH is 1. The predicted molar refractivity (Wildman–Crippen MR) is 108 cm³/mol. The number of ether oxygens (including phenoxy) is 1. The first-order chi connectivity index (χ1) is 13.4. The van der Waals surface area contributed by atoms with Crippen LogP contribution in [0.5, 0.6) is 5.75 Å². The molecule has 0 spiro atoms. The summed E-state index contributed by atoms with van der Waals surface area (Å²) in [5.74, 6) is -1.15. The fourth-order valence-electron chi connectivity index (χ4n) is 3.53. The van der Waals surface area contributed by atoms with Crippen molar-refractivity contribution >= 4 is 29.1 Å². The summed E-state index contributed by atoms with van der Waals surface area (Å²) in [4.78, 5) is 27.1. The number of hydrogen-bond donors (Lipinski definition) is 1. The van der Waals surface area contributed by atoms with Gasteiger partial charge in [0.15, 0.2) is 0 Å². The van der Waals surface area contributed by atoms with Gasteiger partial charge in [-0.15, -0.1) is 0 Å². The number of aryl methyl sites for hydroxylation is 1. The molecule has 1 atom stereocenters. The van der Waals surface area contributed by atoms with Crippen molar-refractivity contribution in [3.63, 3.8) is 0 Å². The van der Waals surface area contributed by atoms with E-state index in [9.17, 15) is 14.7 Å². The largest absolute Gasteiger partial charge is 0.507 e. The molecule has 1 unspecified atom stereocenters. The Labute approximate surface area is 169 Å². The summed E-state index contributed by atoms with van der Waals surface area (Å²) >= 11 is 6.07. The Balaban J connectivity index is 2.23. The number of methoxy groups -OCH3 is 1. The molecule has 28 heavy (non-hydrogen) atoms. The quantitative estimate of drug-likeness (QED) is 0.457. The Bertz CT molecular complexity index is 967. The van der Waals surface area contributed by atoms with Gasteiger partial charge in [0.1, 0.15) is 11.5 Å². The van der Waals surface area contributed by atoms with Crippen molar-refractivity contribution < 1.29 is 19.4 Å². The average Bonchev–Trinajstić information content (AvgIpc) is 2.93. The zero-order chi connectivity index (χ0) is 20.4. The van der Waals surface area contributed by atoms with Gasteiger partial charge in [0.2, 0.25) is 0 Å². The maximum absolute atomic E-state index is 12.9. The molecule has 0 radical (unpaired) electrons. The van der Waals surface area contributed by atoms with Gasteiger partial charge in [-0.05, 0) is 42.7 Å². The van der Waals surface area contributed by atoms with E-state index in [0.29, 0.717) is 29.3 Å². The second-order valence-corrected chi connectivity index (χ2v) is 7.11. The lowest BCUT2D eigenvalue weighted by atomic mass is 9.92. The molecule has 0 bridgehead atoms. The van der Waals surface area contributed by atoms with Crippen molar-refractivity contribution in [2.75, 3.05) is 13.7 Å².